The number of amides is 1. The first-order valence-corrected chi connectivity index (χ1v) is 8.94. The minimum Gasteiger partial charge on any atom is -0.380 e. The van der Waals surface area contributed by atoms with Crippen molar-refractivity contribution in [3.63, 3.8) is 0 Å². The van der Waals surface area contributed by atoms with Crippen LogP contribution in [0.5, 0.6) is 0 Å². The van der Waals surface area contributed by atoms with Gasteiger partial charge in [-0.1, -0.05) is 44.2 Å². The van der Waals surface area contributed by atoms with Gasteiger partial charge >= 0.3 is 0 Å². The number of carbonyl (C=O) groups excluding carboxylic acids is 1. The Morgan fingerprint density at radius 1 is 1.08 bits per heavy atom. The summed E-state index contributed by atoms with van der Waals surface area (Å²) >= 11 is 0. The maximum absolute atomic E-state index is 11.8. The Morgan fingerprint density at radius 3 is 2.42 bits per heavy atom. The maximum atomic E-state index is 11.8. The zero-order valence-corrected chi connectivity index (χ0v) is 18.4. The molecule has 1 aromatic rings. The fourth-order valence-electron chi connectivity index (χ4n) is 2.06. The Bertz CT molecular complexity index is 510. The van der Waals surface area contributed by atoms with Gasteiger partial charge in [-0.25, -0.2) is 0 Å². The van der Waals surface area contributed by atoms with E-state index in [2.05, 4.69) is 34.8 Å². The summed E-state index contributed by atoms with van der Waals surface area (Å²) in [5.74, 6) is 1.36. The highest BCUT2D eigenvalue weighted by Crippen LogP contribution is 1.98. The lowest BCUT2D eigenvalue weighted by molar-refractivity contribution is -0.121. The molecule has 0 fully saturated rings. The van der Waals surface area contributed by atoms with Crippen molar-refractivity contribution in [2.45, 2.75) is 33.2 Å². The van der Waals surface area contributed by atoms with Gasteiger partial charge in [0.05, 0.1) is 6.61 Å². The van der Waals surface area contributed by atoms with E-state index in [1.54, 1.807) is 7.05 Å². The van der Waals surface area contributed by atoms with Crippen LogP contribution in [0.3, 0.4) is 0 Å². The normalized spacial score (nSPS) is 11.0. The summed E-state index contributed by atoms with van der Waals surface area (Å²) in [5, 5.41) is 9.21. The molecule has 1 aromatic carbocycles. The molecule has 0 aromatic heterocycles. The second-order valence-electron chi connectivity index (χ2n) is 6.23. The van der Waals surface area contributed by atoms with Crippen LogP contribution < -0.4 is 16.0 Å². The summed E-state index contributed by atoms with van der Waals surface area (Å²) in [4.78, 5) is 16.0. The molecular formula is C19H33IN4O2. The third kappa shape index (κ3) is 12.9. The van der Waals surface area contributed by atoms with E-state index in [9.17, 15) is 4.79 Å². The molecule has 26 heavy (non-hydrogen) atoms. The van der Waals surface area contributed by atoms with E-state index >= 15 is 0 Å². The van der Waals surface area contributed by atoms with Crippen molar-refractivity contribution >= 4 is 35.8 Å². The Labute approximate surface area is 174 Å². The lowest BCUT2D eigenvalue weighted by atomic mass is 10.1. The van der Waals surface area contributed by atoms with Crippen molar-refractivity contribution in [2.75, 3.05) is 33.4 Å². The smallest absolute Gasteiger partial charge is 0.222 e. The predicted octanol–water partition coefficient (Wildman–Crippen LogP) is 2.54. The first-order chi connectivity index (χ1) is 12.1. The quantitative estimate of drug-likeness (QED) is 0.199. The number of ether oxygens (including phenoxy) is 1. The molecule has 0 aliphatic rings. The number of nitrogens with zero attached hydrogens (tertiary/aromatic N) is 1. The van der Waals surface area contributed by atoms with Crippen LogP contribution in [0.25, 0.3) is 0 Å². The molecule has 6 nitrogen and oxygen atoms in total. The van der Waals surface area contributed by atoms with Gasteiger partial charge in [0.25, 0.3) is 0 Å². The van der Waals surface area contributed by atoms with Gasteiger partial charge in [0, 0.05) is 39.7 Å². The number of carbonyl (C=O) groups is 1. The molecule has 0 heterocycles. The number of guanidine groups is 1. The van der Waals surface area contributed by atoms with Gasteiger partial charge in [-0.15, -0.1) is 24.0 Å². The molecule has 0 aliphatic carbocycles. The van der Waals surface area contributed by atoms with Crippen LogP contribution in [0.15, 0.2) is 35.3 Å². The largest absolute Gasteiger partial charge is 0.380 e. The molecule has 148 valence electrons. The number of nitrogens with one attached hydrogen (secondary N) is 3. The third-order valence-corrected chi connectivity index (χ3v) is 3.58. The van der Waals surface area contributed by atoms with Crippen molar-refractivity contribution < 1.29 is 9.53 Å². The molecule has 0 saturated heterocycles. The Kier molecular flexibility index (Phi) is 15.0. The van der Waals surface area contributed by atoms with E-state index in [4.69, 9.17) is 4.74 Å². The average Bonchev–Trinajstić information content (AvgIpc) is 2.62. The summed E-state index contributed by atoms with van der Waals surface area (Å²) in [6.45, 7) is 7.58. The average molecular weight is 476 g/mol. The molecule has 0 radical (unpaired) electrons. The minimum atomic E-state index is 0. The number of halogens is 1. The van der Waals surface area contributed by atoms with Gasteiger partial charge in [-0.2, -0.15) is 0 Å². The van der Waals surface area contributed by atoms with Crippen molar-refractivity contribution in [1.82, 2.24) is 16.0 Å². The number of hydrogen-bond acceptors (Lipinski definition) is 3. The van der Waals surface area contributed by atoms with Crippen LogP contribution in [0, 0.1) is 5.92 Å². The van der Waals surface area contributed by atoms with E-state index < -0.39 is 0 Å². The van der Waals surface area contributed by atoms with Gasteiger partial charge < -0.3 is 20.7 Å². The van der Waals surface area contributed by atoms with Crippen molar-refractivity contribution in [3.8, 4) is 0 Å². The van der Waals surface area contributed by atoms with E-state index in [0.29, 0.717) is 44.5 Å². The van der Waals surface area contributed by atoms with E-state index in [1.807, 2.05) is 30.3 Å². The fourth-order valence-corrected chi connectivity index (χ4v) is 2.06. The van der Waals surface area contributed by atoms with Crippen LogP contribution >= 0.6 is 24.0 Å². The highest BCUT2D eigenvalue weighted by Gasteiger charge is 2.03. The molecule has 0 atom stereocenters. The van der Waals surface area contributed by atoms with E-state index in [-0.39, 0.29) is 29.9 Å². The minimum absolute atomic E-state index is 0. The Morgan fingerprint density at radius 2 is 1.77 bits per heavy atom. The first kappa shape index (κ1) is 24.7. The standard InChI is InChI=1S/C19H32N4O2.HI/c1-16(2)10-13-25-14-12-22-19(20-3)21-11-9-18(24)23-15-17-7-5-4-6-8-17;/h4-8,16H,9-15H2,1-3H3,(H,23,24)(H2,20,21,22);1H. The highest BCUT2D eigenvalue weighted by atomic mass is 127. The third-order valence-electron chi connectivity index (χ3n) is 3.58. The second-order valence-corrected chi connectivity index (χ2v) is 6.23. The molecule has 0 aliphatic heterocycles. The van der Waals surface area contributed by atoms with Crippen LogP contribution in [-0.2, 0) is 16.1 Å². The molecule has 7 heteroatoms. The monoisotopic (exact) mass is 476 g/mol. The number of hydrogen-bond donors (Lipinski definition) is 3. The van der Waals surface area contributed by atoms with Crippen LogP contribution in [0.2, 0.25) is 0 Å². The topological polar surface area (TPSA) is 74.8 Å². The van der Waals surface area contributed by atoms with E-state index in [1.165, 1.54) is 0 Å². The summed E-state index contributed by atoms with van der Waals surface area (Å²) < 4.78 is 5.55. The van der Waals surface area contributed by atoms with Crippen LogP contribution in [0.1, 0.15) is 32.3 Å². The van der Waals surface area contributed by atoms with Crippen molar-refractivity contribution in [1.29, 1.82) is 0 Å². The Hall–Kier alpha value is -1.35. The van der Waals surface area contributed by atoms with Gasteiger partial charge in [0.1, 0.15) is 0 Å². The molecule has 0 unspecified atom stereocenters. The van der Waals surface area contributed by atoms with Crippen molar-refractivity contribution in [2.24, 2.45) is 10.9 Å². The maximum Gasteiger partial charge on any atom is 0.222 e. The molecule has 0 saturated carbocycles. The number of rotatable bonds is 11. The Balaban J connectivity index is 0.00000625. The van der Waals surface area contributed by atoms with Crippen LogP contribution in [0.4, 0.5) is 0 Å². The van der Waals surface area contributed by atoms with E-state index in [0.717, 1.165) is 18.6 Å². The SMILES string of the molecule is CN=C(NCCOCCC(C)C)NCCC(=O)NCc1ccccc1.I. The molecule has 1 rings (SSSR count). The molecule has 3 N–H and O–H groups in total. The summed E-state index contributed by atoms with van der Waals surface area (Å²) in [7, 11) is 1.71. The van der Waals surface area contributed by atoms with Gasteiger partial charge in [-0.3, -0.25) is 9.79 Å². The number of aliphatic imine (C=N–C) groups is 1. The summed E-state index contributed by atoms with van der Waals surface area (Å²) in [6.07, 6.45) is 1.48. The molecule has 0 bridgehead atoms. The zero-order valence-electron chi connectivity index (χ0n) is 16.1. The molecule has 1 amide bonds. The lowest BCUT2D eigenvalue weighted by Crippen LogP contribution is -2.40. The molecular weight excluding hydrogens is 443 g/mol. The molecule has 0 spiro atoms. The summed E-state index contributed by atoms with van der Waals surface area (Å²) in [6, 6.07) is 9.88. The van der Waals surface area contributed by atoms with Gasteiger partial charge in [0.2, 0.25) is 5.91 Å². The zero-order chi connectivity index (χ0) is 18.3. The highest BCUT2D eigenvalue weighted by molar-refractivity contribution is 14.0. The first-order valence-electron chi connectivity index (χ1n) is 8.94. The van der Waals surface area contributed by atoms with Gasteiger partial charge in [0.15, 0.2) is 5.96 Å². The van der Waals surface area contributed by atoms with Gasteiger partial charge in [-0.05, 0) is 17.9 Å². The number of benzene rings is 1. The second kappa shape index (κ2) is 15.9. The summed E-state index contributed by atoms with van der Waals surface area (Å²) in [5.41, 5.74) is 1.10. The fraction of sp³-hybridized carbons (Fsp3) is 0.579. The predicted molar refractivity (Wildman–Crippen MR) is 118 cm³/mol. The lowest BCUT2D eigenvalue weighted by Gasteiger charge is -2.12. The van der Waals surface area contributed by atoms with Crippen LogP contribution in [-0.4, -0.2) is 45.2 Å². The van der Waals surface area contributed by atoms with Crippen molar-refractivity contribution in [3.05, 3.63) is 35.9 Å².